The van der Waals surface area contributed by atoms with E-state index in [0.29, 0.717) is 35.6 Å². The smallest absolute Gasteiger partial charge is 0.423 e. The van der Waals surface area contributed by atoms with Crippen molar-refractivity contribution in [3.05, 3.63) is 181 Å². The van der Waals surface area contributed by atoms with E-state index in [0.717, 1.165) is 16.7 Å². The standard InChI is InChI=1S/C18H14N4O.C11H10ClN3O.C7H6BNO2/c1-20-15-9-7-14(8-10-15)16-11-17(23)22(18(19)21-16)12-13-5-3-2-4-6-13;12-9-6-10(16)15(11(13)14-9)7-8-4-2-1-3-5-8;1-9-7-4-2-6(3-5-7)8(10)11/h2-11H,12H2,(H2,19,21);1-6H,7H2,(H2,13,14);2-5,10-11H. The molecule has 0 fully saturated rings. The lowest BCUT2D eigenvalue weighted by Crippen LogP contribution is -2.29. The highest BCUT2D eigenvalue weighted by Crippen LogP contribution is 2.21. The molecule has 50 heavy (non-hydrogen) atoms. The minimum Gasteiger partial charge on any atom is -0.423 e. The Morgan fingerprint density at radius 1 is 0.660 bits per heavy atom. The van der Waals surface area contributed by atoms with E-state index in [9.17, 15) is 9.59 Å². The summed E-state index contributed by atoms with van der Waals surface area (Å²) in [5, 5.41) is 17.4. The lowest BCUT2D eigenvalue weighted by Gasteiger charge is -2.10. The lowest BCUT2D eigenvalue weighted by molar-refractivity contribution is 0.426. The molecule has 0 aliphatic rings. The van der Waals surface area contributed by atoms with Gasteiger partial charge in [0.1, 0.15) is 5.15 Å². The summed E-state index contributed by atoms with van der Waals surface area (Å²) in [4.78, 5) is 38.6. The first kappa shape index (κ1) is 36.3. The van der Waals surface area contributed by atoms with E-state index < -0.39 is 7.12 Å². The van der Waals surface area contributed by atoms with E-state index in [-0.39, 0.29) is 28.2 Å². The van der Waals surface area contributed by atoms with Crippen molar-refractivity contribution < 1.29 is 10.0 Å². The van der Waals surface area contributed by atoms with Crippen molar-refractivity contribution in [2.24, 2.45) is 0 Å². The first-order valence-electron chi connectivity index (χ1n) is 14.9. The van der Waals surface area contributed by atoms with Gasteiger partial charge in [0.2, 0.25) is 11.9 Å². The third-order valence-electron chi connectivity index (χ3n) is 7.02. The van der Waals surface area contributed by atoms with Gasteiger partial charge in [-0.3, -0.25) is 18.7 Å². The Balaban J connectivity index is 0.000000181. The van der Waals surface area contributed by atoms with Gasteiger partial charge in [-0.25, -0.2) is 19.7 Å². The Morgan fingerprint density at radius 2 is 1.10 bits per heavy atom. The van der Waals surface area contributed by atoms with Gasteiger partial charge >= 0.3 is 7.12 Å². The van der Waals surface area contributed by atoms with Gasteiger partial charge in [0.25, 0.3) is 11.1 Å². The summed E-state index contributed by atoms with van der Waals surface area (Å²) >= 11 is 5.62. The molecule has 0 saturated carbocycles. The van der Waals surface area contributed by atoms with Crippen LogP contribution in [0.1, 0.15) is 11.1 Å². The summed E-state index contributed by atoms with van der Waals surface area (Å²) in [5.74, 6) is 0.298. The molecule has 248 valence electrons. The maximum atomic E-state index is 12.4. The van der Waals surface area contributed by atoms with Crippen LogP contribution in [0.25, 0.3) is 20.9 Å². The van der Waals surface area contributed by atoms with Gasteiger partial charge in [-0.2, -0.15) is 0 Å². The molecule has 0 bridgehead atoms. The maximum Gasteiger partial charge on any atom is 0.488 e. The zero-order valence-corrected chi connectivity index (χ0v) is 27.2. The van der Waals surface area contributed by atoms with E-state index in [1.54, 1.807) is 36.4 Å². The highest BCUT2D eigenvalue weighted by atomic mass is 35.5. The number of benzene rings is 4. The molecule has 12 nitrogen and oxygen atoms in total. The molecule has 2 heterocycles. The Kier molecular flexibility index (Phi) is 12.8. The van der Waals surface area contributed by atoms with E-state index in [1.807, 2.05) is 60.7 Å². The number of hydrogen-bond acceptors (Lipinski definition) is 8. The molecule has 6 N–H and O–H groups in total. The van der Waals surface area contributed by atoms with Crippen molar-refractivity contribution in [3.63, 3.8) is 0 Å². The van der Waals surface area contributed by atoms with E-state index >= 15 is 0 Å². The Bertz CT molecular complexity index is 2230. The summed E-state index contributed by atoms with van der Waals surface area (Å²) in [7, 11) is -1.45. The third kappa shape index (κ3) is 10.2. The van der Waals surface area contributed by atoms with Crippen molar-refractivity contribution in [1.82, 2.24) is 19.1 Å². The molecule has 4 aromatic carbocycles. The molecule has 0 amide bonds. The van der Waals surface area contributed by atoms with Crippen LogP contribution >= 0.6 is 11.6 Å². The second-order valence-electron chi connectivity index (χ2n) is 10.5. The first-order chi connectivity index (χ1) is 24.1. The summed E-state index contributed by atoms with van der Waals surface area (Å²) in [5.41, 5.74) is 15.8. The fourth-order valence-corrected chi connectivity index (χ4v) is 4.62. The van der Waals surface area contributed by atoms with Crippen LogP contribution in [0.5, 0.6) is 0 Å². The minimum atomic E-state index is -1.45. The predicted molar refractivity (Wildman–Crippen MR) is 196 cm³/mol. The van der Waals surface area contributed by atoms with E-state index in [2.05, 4.69) is 19.7 Å². The Labute approximate surface area is 292 Å². The average molecular weight is 685 g/mol. The van der Waals surface area contributed by atoms with E-state index in [4.69, 9.17) is 46.3 Å². The SMILES string of the molecule is Nc1nc(Cl)cc(=O)n1Cc1ccccc1.[C-]#[N+]c1ccc(-c2cc(=O)n(Cc3ccccc3)c(N)n2)cc1.[C-]#[N+]c1ccc(B(O)O)cc1. The van der Waals surface area contributed by atoms with Crippen LogP contribution in [-0.4, -0.2) is 36.3 Å². The minimum absolute atomic E-state index is 0.117. The summed E-state index contributed by atoms with van der Waals surface area (Å²) in [6, 6.07) is 34.9. The van der Waals surface area contributed by atoms with Gasteiger partial charge in [-0.15, -0.1) is 0 Å². The zero-order chi connectivity index (χ0) is 36.0. The number of aromatic nitrogens is 4. The number of nitrogens with zero attached hydrogens (tertiary/aromatic N) is 6. The lowest BCUT2D eigenvalue weighted by atomic mass is 9.80. The summed E-state index contributed by atoms with van der Waals surface area (Å²) in [6.45, 7) is 14.4. The highest BCUT2D eigenvalue weighted by molar-refractivity contribution is 6.58. The van der Waals surface area contributed by atoms with Gasteiger partial charge in [0.05, 0.1) is 31.9 Å². The van der Waals surface area contributed by atoms with Crippen LogP contribution in [0.4, 0.5) is 23.3 Å². The van der Waals surface area contributed by atoms with Crippen LogP contribution in [0.3, 0.4) is 0 Å². The number of hydrogen-bond donors (Lipinski definition) is 4. The number of halogens is 1. The molecule has 2 aromatic heterocycles. The summed E-state index contributed by atoms with van der Waals surface area (Å²) in [6.07, 6.45) is 0. The second-order valence-corrected chi connectivity index (χ2v) is 10.9. The Morgan fingerprint density at radius 3 is 1.52 bits per heavy atom. The predicted octanol–water partition coefficient (Wildman–Crippen LogP) is 4.54. The maximum absolute atomic E-state index is 12.4. The van der Waals surface area contributed by atoms with Crippen molar-refractivity contribution in [1.29, 1.82) is 0 Å². The van der Waals surface area contributed by atoms with Crippen molar-refractivity contribution >= 4 is 47.5 Å². The number of nitrogens with two attached hydrogens (primary N) is 2. The third-order valence-corrected chi connectivity index (χ3v) is 7.22. The number of anilines is 2. The van der Waals surface area contributed by atoms with Crippen molar-refractivity contribution in [2.45, 2.75) is 13.1 Å². The topological polar surface area (TPSA) is 171 Å². The second kappa shape index (κ2) is 17.6. The van der Waals surface area contributed by atoms with Crippen LogP contribution in [0.2, 0.25) is 5.15 Å². The first-order valence-corrected chi connectivity index (χ1v) is 15.2. The van der Waals surface area contributed by atoms with Crippen LogP contribution in [-0.2, 0) is 13.1 Å². The van der Waals surface area contributed by atoms with E-state index in [1.165, 1.54) is 33.4 Å². The molecule has 14 heteroatoms. The summed E-state index contributed by atoms with van der Waals surface area (Å²) < 4.78 is 2.81. The molecule has 0 saturated heterocycles. The number of rotatable bonds is 6. The largest absolute Gasteiger partial charge is 0.488 e. The van der Waals surface area contributed by atoms with Gasteiger partial charge in [-0.1, -0.05) is 121 Å². The number of nitrogen functional groups attached to an aromatic ring is 2. The van der Waals surface area contributed by atoms with Gasteiger partial charge < -0.3 is 21.5 Å². The molecular weight excluding hydrogens is 655 g/mol. The fraction of sp³-hybridized carbons (Fsp3) is 0.0556. The monoisotopic (exact) mass is 684 g/mol. The average Bonchev–Trinajstić information content (AvgIpc) is 3.13. The van der Waals surface area contributed by atoms with Crippen molar-refractivity contribution in [3.8, 4) is 11.3 Å². The van der Waals surface area contributed by atoms with Gasteiger partial charge in [0, 0.05) is 12.1 Å². The Hall–Kier alpha value is -6.51. The fourth-order valence-electron chi connectivity index (χ4n) is 4.44. The zero-order valence-electron chi connectivity index (χ0n) is 26.5. The highest BCUT2D eigenvalue weighted by Gasteiger charge is 2.10. The molecule has 0 atom stereocenters. The molecule has 6 aromatic rings. The van der Waals surface area contributed by atoms with Crippen LogP contribution in [0, 0.1) is 13.1 Å². The molecule has 0 radical (unpaired) electrons. The van der Waals surface area contributed by atoms with Crippen LogP contribution < -0.4 is 28.0 Å². The van der Waals surface area contributed by atoms with Gasteiger partial charge in [0.15, 0.2) is 11.4 Å². The molecule has 0 spiro atoms. The van der Waals surface area contributed by atoms with Gasteiger partial charge in [-0.05, 0) is 22.2 Å². The molecule has 0 unspecified atom stereocenters. The molecule has 0 aliphatic heterocycles. The van der Waals surface area contributed by atoms with Crippen molar-refractivity contribution in [2.75, 3.05) is 11.5 Å². The quantitative estimate of drug-likeness (QED) is 0.113. The molecule has 0 aliphatic carbocycles. The molecule has 6 rings (SSSR count). The molecular formula is C36H30BClN8O4. The van der Waals surface area contributed by atoms with Crippen LogP contribution in [0.15, 0.2) is 131 Å². The normalized spacial score (nSPS) is 9.94.